The largest absolute Gasteiger partial charge is 0.444 e. The number of likely N-dealkylation sites (tertiary alicyclic amines) is 1. The second-order valence-electron chi connectivity index (χ2n) is 8.45. The van der Waals surface area contributed by atoms with Gasteiger partial charge in [0.15, 0.2) is 0 Å². The number of benzene rings is 1. The minimum absolute atomic E-state index is 0.139. The Hall–Kier alpha value is -1.59. The van der Waals surface area contributed by atoms with Crippen molar-refractivity contribution in [3.05, 3.63) is 35.9 Å². The molecule has 144 valence electrons. The molecule has 1 amide bonds. The fraction of sp³-hybridized carbons (Fsp3) is 0.667. The normalized spacial score (nSPS) is 23.8. The highest BCUT2D eigenvalue weighted by Gasteiger charge is 2.43. The number of carbonyl (C=O) groups is 1. The van der Waals surface area contributed by atoms with Gasteiger partial charge in [-0.05, 0) is 45.7 Å². The predicted molar refractivity (Wildman–Crippen MR) is 102 cm³/mol. The summed E-state index contributed by atoms with van der Waals surface area (Å²) in [5, 5.41) is 0. The molecule has 0 N–H and O–H groups in total. The number of rotatable bonds is 2. The summed E-state index contributed by atoms with van der Waals surface area (Å²) in [4.78, 5) is 16.6. The Labute approximate surface area is 157 Å². The first-order valence-electron chi connectivity index (χ1n) is 9.73. The van der Waals surface area contributed by atoms with E-state index in [0.717, 1.165) is 25.9 Å². The molecule has 3 rings (SSSR count). The van der Waals surface area contributed by atoms with Crippen LogP contribution in [0.15, 0.2) is 30.3 Å². The zero-order valence-electron chi connectivity index (χ0n) is 16.5. The van der Waals surface area contributed by atoms with Crippen LogP contribution in [0.3, 0.4) is 0 Å². The number of nitrogens with zero attached hydrogens (tertiary/aromatic N) is 2. The Kier molecular flexibility index (Phi) is 5.58. The molecular formula is C21H32N2O3. The second-order valence-corrected chi connectivity index (χ2v) is 8.45. The molecule has 1 aromatic rings. The van der Waals surface area contributed by atoms with Crippen molar-refractivity contribution in [2.75, 3.05) is 32.8 Å². The highest BCUT2D eigenvalue weighted by atomic mass is 16.6. The van der Waals surface area contributed by atoms with E-state index >= 15 is 0 Å². The van der Waals surface area contributed by atoms with Gasteiger partial charge >= 0.3 is 6.09 Å². The van der Waals surface area contributed by atoms with Crippen LogP contribution >= 0.6 is 0 Å². The topological polar surface area (TPSA) is 42.0 Å². The van der Waals surface area contributed by atoms with Crippen LogP contribution in [0.5, 0.6) is 0 Å². The SMILES string of the molecule is CCN1CC2(CCN(C(=O)OC(C)(C)C)CC2)OC[C@@H]1c1ccccc1. The Morgan fingerprint density at radius 3 is 2.46 bits per heavy atom. The number of morpholine rings is 1. The molecule has 0 aliphatic carbocycles. The van der Waals surface area contributed by atoms with Gasteiger partial charge in [-0.2, -0.15) is 0 Å². The van der Waals surface area contributed by atoms with E-state index < -0.39 is 5.60 Å². The molecule has 26 heavy (non-hydrogen) atoms. The third-order valence-corrected chi connectivity index (χ3v) is 5.40. The Morgan fingerprint density at radius 1 is 1.23 bits per heavy atom. The first-order valence-corrected chi connectivity index (χ1v) is 9.73. The van der Waals surface area contributed by atoms with Crippen LogP contribution in [0.25, 0.3) is 0 Å². The molecule has 1 aromatic carbocycles. The molecule has 2 fully saturated rings. The smallest absolute Gasteiger partial charge is 0.410 e. The quantitative estimate of drug-likeness (QED) is 0.803. The van der Waals surface area contributed by atoms with Crippen molar-refractivity contribution in [3.8, 4) is 0 Å². The van der Waals surface area contributed by atoms with Crippen LogP contribution in [-0.2, 0) is 9.47 Å². The Balaban J connectivity index is 1.61. The third-order valence-electron chi connectivity index (χ3n) is 5.40. The van der Waals surface area contributed by atoms with E-state index in [0.29, 0.717) is 25.7 Å². The van der Waals surface area contributed by atoms with Crippen molar-refractivity contribution in [3.63, 3.8) is 0 Å². The molecule has 2 aliphatic rings. The summed E-state index contributed by atoms with van der Waals surface area (Å²) in [6.45, 7) is 12.0. The molecule has 2 saturated heterocycles. The summed E-state index contributed by atoms with van der Waals surface area (Å²) in [5.74, 6) is 0. The van der Waals surface area contributed by atoms with Crippen LogP contribution in [-0.4, -0.2) is 59.9 Å². The molecule has 0 bridgehead atoms. The number of amides is 1. The van der Waals surface area contributed by atoms with Gasteiger partial charge in [0, 0.05) is 19.6 Å². The molecule has 0 unspecified atom stereocenters. The molecule has 2 heterocycles. The lowest BCUT2D eigenvalue weighted by molar-refractivity contribution is -0.156. The van der Waals surface area contributed by atoms with Crippen molar-refractivity contribution >= 4 is 6.09 Å². The van der Waals surface area contributed by atoms with Gasteiger partial charge in [0.25, 0.3) is 0 Å². The maximum atomic E-state index is 12.3. The van der Waals surface area contributed by atoms with E-state index in [4.69, 9.17) is 9.47 Å². The lowest BCUT2D eigenvalue weighted by atomic mass is 9.87. The van der Waals surface area contributed by atoms with Crippen LogP contribution < -0.4 is 0 Å². The van der Waals surface area contributed by atoms with E-state index in [1.54, 1.807) is 0 Å². The molecule has 5 nitrogen and oxygen atoms in total. The average molecular weight is 360 g/mol. The average Bonchev–Trinajstić information content (AvgIpc) is 2.61. The summed E-state index contributed by atoms with van der Waals surface area (Å²) in [6, 6.07) is 10.9. The van der Waals surface area contributed by atoms with E-state index in [1.165, 1.54) is 5.56 Å². The van der Waals surface area contributed by atoms with Crippen molar-refractivity contribution in [1.29, 1.82) is 0 Å². The maximum absolute atomic E-state index is 12.3. The number of hydrogen-bond donors (Lipinski definition) is 0. The van der Waals surface area contributed by atoms with Gasteiger partial charge in [-0.1, -0.05) is 37.3 Å². The van der Waals surface area contributed by atoms with E-state index in [9.17, 15) is 4.79 Å². The zero-order chi connectivity index (χ0) is 18.8. The van der Waals surface area contributed by atoms with Crippen LogP contribution in [0.1, 0.15) is 52.1 Å². The highest BCUT2D eigenvalue weighted by molar-refractivity contribution is 5.68. The molecule has 1 atom stereocenters. The lowest BCUT2D eigenvalue weighted by Crippen LogP contribution is -2.58. The van der Waals surface area contributed by atoms with Gasteiger partial charge in [0.05, 0.1) is 18.2 Å². The maximum Gasteiger partial charge on any atom is 0.410 e. The summed E-state index contributed by atoms with van der Waals surface area (Å²) in [5.41, 5.74) is 0.727. The number of likely N-dealkylation sites (N-methyl/N-ethyl adjacent to an activating group) is 1. The third kappa shape index (κ3) is 4.38. The monoisotopic (exact) mass is 360 g/mol. The van der Waals surface area contributed by atoms with E-state index in [2.05, 4.69) is 42.2 Å². The first-order chi connectivity index (χ1) is 12.3. The number of hydrogen-bond acceptors (Lipinski definition) is 4. The molecule has 2 aliphatic heterocycles. The summed E-state index contributed by atoms with van der Waals surface area (Å²) in [6.07, 6.45) is 1.52. The van der Waals surface area contributed by atoms with Crippen LogP contribution in [0.2, 0.25) is 0 Å². The molecule has 0 saturated carbocycles. The second kappa shape index (κ2) is 7.57. The first kappa shape index (κ1) is 19.2. The van der Waals surface area contributed by atoms with E-state index in [-0.39, 0.29) is 11.7 Å². The molecule has 0 aromatic heterocycles. The number of piperidine rings is 1. The summed E-state index contributed by atoms with van der Waals surface area (Å²) < 4.78 is 11.9. The molecular weight excluding hydrogens is 328 g/mol. The lowest BCUT2D eigenvalue weighted by Gasteiger charge is -2.50. The van der Waals surface area contributed by atoms with Gasteiger partial charge in [0.1, 0.15) is 5.60 Å². The van der Waals surface area contributed by atoms with Crippen molar-refractivity contribution < 1.29 is 14.3 Å². The summed E-state index contributed by atoms with van der Waals surface area (Å²) in [7, 11) is 0. The number of carbonyl (C=O) groups excluding carboxylic acids is 1. The minimum atomic E-state index is -0.449. The van der Waals surface area contributed by atoms with Gasteiger partial charge in [-0.3, -0.25) is 4.90 Å². The number of ether oxygens (including phenoxy) is 2. The Morgan fingerprint density at radius 2 is 1.88 bits per heavy atom. The van der Waals surface area contributed by atoms with Crippen molar-refractivity contribution in [2.24, 2.45) is 0 Å². The highest BCUT2D eigenvalue weighted by Crippen LogP contribution is 2.36. The van der Waals surface area contributed by atoms with Gasteiger partial charge in [0.2, 0.25) is 0 Å². The van der Waals surface area contributed by atoms with Crippen molar-refractivity contribution in [1.82, 2.24) is 9.80 Å². The summed E-state index contributed by atoms with van der Waals surface area (Å²) >= 11 is 0. The Bertz CT molecular complexity index is 603. The van der Waals surface area contributed by atoms with Gasteiger partial charge in [-0.25, -0.2) is 4.79 Å². The fourth-order valence-electron chi connectivity index (χ4n) is 3.93. The molecule has 1 spiro atoms. The van der Waals surface area contributed by atoms with E-state index in [1.807, 2.05) is 25.7 Å². The minimum Gasteiger partial charge on any atom is -0.444 e. The van der Waals surface area contributed by atoms with Gasteiger partial charge < -0.3 is 14.4 Å². The molecule has 0 radical (unpaired) electrons. The van der Waals surface area contributed by atoms with Crippen molar-refractivity contribution in [2.45, 2.75) is 57.8 Å². The zero-order valence-corrected chi connectivity index (χ0v) is 16.5. The standard InChI is InChI=1S/C21H32N2O3/c1-5-22-16-21(25-15-18(22)17-9-7-6-8-10-17)11-13-23(14-12-21)19(24)26-20(2,3)4/h6-10,18H,5,11-16H2,1-4H3/t18-/m1/s1. The molecule has 5 heteroatoms. The fourth-order valence-corrected chi connectivity index (χ4v) is 3.93. The van der Waals surface area contributed by atoms with Crippen LogP contribution in [0.4, 0.5) is 4.79 Å². The van der Waals surface area contributed by atoms with Crippen LogP contribution in [0, 0.1) is 0 Å². The predicted octanol–water partition coefficient (Wildman–Crippen LogP) is 3.85. The van der Waals surface area contributed by atoms with Gasteiger partial charge in [-0.15, -0.1) is 0 Å².